The Morgan fingerprint density at radius 3 is 2.67 bits per heavy atom. The molecule has 148 valence electrons. The van der Waals surface area contributed by atoms with Crippen LogP contribution in [0.2, 0.25) is 0 Å². The molecule has 27 heavy (non-hydrogen) atoms. The first-order valence-electron chi connectivity index (χ1n) is 9.45. The van der Waals surface area contributed by atoms with Crippen LogP contribution in [-0.2, 0) is 9.53 Å². The lowest BCUT2D eigenvalue weighted by atomic mass is 9.80. The van der Waals surface area contributed by atoms with E-state index in [1.54, 1.807) is 23.8 Å². The third-order valence-electron chi connectivity index (χ3n) is 5.68. The summed E-state index contributed by atoms with van der Waals surface area (Å²) in [6.45, 7) is 3.04. The van der Waals surface area contributed by atoms with Crippen molar-refractivity contribution in [1.29, 1.82) is 0 Å². The van der Waals surface area contributed by atoms with E-state index in [-0.39, 0.29) is 36.2 Å². The average Bonchev–Trinajstić information content (AvgIpc) is 2.59. The molecule has 0 aromatic heterocycles. The molecule has 1 N–H and O–H groups in total. The van der Waals surface area contributed by atoms with Crippen molar-refractivity contribution in [2.24, 2.45) is 5.92 Å². The number of piperazine rings is 1. The van der Waals surface area contributed by atoms with Gasteiger partial charge in [-0.2, -0.15) is 0 Å². The third kappa shape index (κ3) is 4.14. The lowest BCUT2D eigenvalue weighted by Crippen LogP contribution is -2.60. The maximum Gasteiger partial charge on any atom is 0.254 e. The van der Waals surface area contributed by atoms with E-state index < -0.39 is 6.10 Å². The van der Waals surface area contributed by atoms with Crippen molar-refractivity contribution in [3.63, 3.8) is 0 Å². The number of rotatable bonds is 5. The first-order valence-corrected chi connectivity index (χ1v) is 9.45. The summed E-state index contributed by atoms with van der Waals surface area (Å²) in [5, 5.41) is 10.3. The smallest absolute Gasteiger partial charge is 0.254 e. The Kier molecular flexibility index (Phi) is 6.11. The minimum absolute atomic E-state index is 0.0555. The highest BCUT2D eigenvalue weighted by Gasteiger charge is 2.38. The highest BCUT2D eigenvalue weighted by molar-refractivity contribution is 5.96. The Morgan fingerprint density at radius 1 is 1.33 bits per heavy atom. The van der Waals surface area contributed by atoms with E-state index in [4.69, 9.17) is 4.74 Å². The Hall–Kier alpha value is -1.99. The van der Waals surface area contributed by atoms with E-state index in [0.29, 0.717) is 30.8 Å². The van der Waals surface area contributed by atoms with Crippen LogP contribution >= 0.6 is 0 Å². The molecule has 1 saturated carbocycles. The summed E-state index contributed by atoms with van der Waals surface area (Å²) >= 11 is 0. The molecule has 0 radical (unpaired) electrons. The van der Waals surface area contributed by atoms with Crippen LogP contribution in [0.4, 0.5) is 4.39 Å². The number of carbonyl (C=O) groups is 2. The minimum Gasteiger partial charge on any atom is -0.383 e. The normalized spacial score (nSPS) is 21.7. The zero-order valence-corrected chi connectivity index (χ0v) is 15.9. The van der Waals surface area contributed by atoms with Gasteiger partial charge >= 0.3 is 0 Å². The fourth-order valence-electron chi connectivity index (χ4n) is 3.82. The minimum atomic E-state index is -0.955. The quantitative estimate of drug-likeness (QED) is 0.845. The molecule has 2 aliphatic rings. The second kappa shape index (κ2) is 8.35. The number of methoxy groups -OCH3 is 1. The van der Waals surface area contributed by atoms with Gasteiger partial charge in [-0.15, -0.1) is 0 Å². The predicted octanol–water partition coefficient (Wildman–Crippen LogP) is 1.59. The average molecular weight is 378 g/mol. The second-order valence-corrected chi connectivity index (χ2v) is 7.49. The standard InChI is InChI=1S/C20H27FN2O4/c1-13-10-15(21)6-7-17(13)19(25)23-9-8-22(11-16(23)12-27-2)20(26)18(24)14-4-3-5-14/h6-7,10,14,16,18,24H,3-5,8-9,11-12H2,1-2H3/t16?,18-/m0/s1. The summed E-state index contributed by atoms with van der Waals surface area (Å²) in [6, 6.07) is 3.81. The number of aliphatic hydroxyl groups excluding tert-OH is 1. The molecule has 1 heterocycles. The summed E-state index contributed by atoms with van der Waals surface area (Å²) in [7, 11) is 1.55. The molecule has 7 heteroatoms. The molecule has 1 aliphatic heterocycles. The number of halogens is 1. The summed E-state index contributed by atoms with van der Waals surface area (Å²) in [6.07, 6.45) is 1.87. The van der Waals surface area contributed by atoms with Crippen molar-refractivity contribution in [1.82, 2.24) is 9.80 Å². The Morgan fingerprint density at radius 2 is 2.07 bits per heavy atom. The summed E-state index contributed by atoms with van der Waals surface area (Å²) in [5.74, 6) is -0.773. The monoisotopic (exact) mass is 378 g/mol. The number of aryl methyl sites for hydroxylation is 1. The van der Waals surface area contributed by atoms with Crippen LogP contribution < -0.4 is 0 Å². The zero-order valence-electron chi connectivity index (χ0n) is 15.9. The lowest BCUT2D eigenvalue weighted by Gasteiger charge is -2.43. The van der Waals surface area contributed by atoms with Gasteiger partial charge in [-0.05, 0) is 49.4 Å². The van der Waals surface area contributed by atoms with Crippen LogP contribution in [0.25, 0.3) is 0 Å². The SMILES string of the molecule is COCC1CN(C(=O)[C@@H](O)C2CCC2)CCN1C(=O)c1ccc(F)cc1C. The highest BCUT2D eigenvalue weighted by atomic mass is 19.1. The van der Waals surface area contributed by atoms with Gasteiger partial charge in [-0.1, -0.05) is 6.42 Å². The van der Waals surface area contributed by atoms with Crippen molar-refractivity contribution in [2.75, 3.05) is 33.4 Å². The number of ether oxygens (including phenoxy) is 1. The first kappa shape index (κ1) is 19.8. The van der Waals surface area contributed by atoms with E-state index in [2.05, 4.69) is 0 Å². The van der Waals surface area contributed by atoms with E-state index in [1.807, 2.05) is 0 Å². The molecular formula is C20H27FN2O4. The molecule has 1 aliphatic carbocycles. The van der Waals surface area contributed by atoms with Gasteiger partial charge in [-0.25, -0.2) is 4.39 Å². The van der Waals surface area contributed by atoms with Gasteiger partial charge in [0.15, 0.2) is 0 Å². The maximum atomic E-state index is 13.4. The van der Waals surface area contributed by atoms with Gasteiger partial charge in [0.25, 0.3) is 11.8 Å². The zero-order chi connectivity index (χ0) is 19.6. The van der Waals surface area contributed by atoms with Gasteiger partial charge in [0, 0.05) is 32.3 Å². The van der Waals surface area contributed by atoms with Crippen molar-refractivity contribution < 1.29 is 23.8 Å². The number of aliphatic hydroxyl groups is 1. The fraction of sp³-hybridized carbons (Fsp3) is 0.600. The molecular weight excluding hydrogens is 351 g/mol. The van der Waals surface area contributed by atoms with Crippen LogP contribution in [0.15, 0.2) is 18.2 Å². The molecule has 1 aromatic carbocycles. The summed E-state index contributed by atoms with van der Waals surface area (Å²) in [4.78, 5) is 28.9. The largest absolute Gasteiger partial charge is 0.383 e. The topological polar surface area (TPSA) is 70.1 Å². The van der Waals surface area contributed by atoms with E-state index in [9.17, 15) is 19.1 Å². The maximum absolute atomic E-state index is 13.4. The van der Waals surface area contributed by atoms with Crippen LogP contribution in [-0.4, -0.2) is 72.2 Å². The molecule has 1 aromatic rings. The Balaban J connectivity index is 1.72. The summed E-state index contributed by atoms with van der Waals surface area (Å²) < 4.78 is 18.6. The van der Waals surface area contributed by atoms with E-state index in [1.165, 1.54) is 18.2 Å². The van der Waals surface area contributed by atoms with E-state index >= 15 is 0 Å². The number of hydrogen-bond acceptors (Lipinski definition) is 4. The van der Waals surface area contributed by atoms with Gasteiger partial charge in [-0.3, -0.25) is 9.59 Å². The predicted molar refractivity (Wildman–Crippen MR) is 97.8 cm³/mol. The molecule has 1 saturated heterocycles. The first-order chi connectivity index (χ1) is 12.9. The molecule has 2 amide bonds. The number of carbonyl (C=O) groups excluding carboxylic acids is 2. The lowest BCUT2D eigenvalue weighted by molar-refractivity contribution is -0.148. The van der Waals surface area contributed by atoms with Crippen LogP contribution in [0, 0.1) is 18.7 Å². The van der Waals surface area contributed by atoms with Crippen molar-refractivity contribution in [3.05, 3.63) is 35.1 Å². The van der Waals surface area contributed by atoms with Crippen LogP contribution in [0.5, 0.6) is 0 Å². The Labute approximate surface area is 158 Å². The number of hydrogen-bond donors (Lipinski definition) is 1. The molecule has 2 atom stereocenters. The van der Waals surface area contributed by atoms with Crippen molar-refractivity contribution >= 4 is 11.8 Å². The van der Waals surface area contributed by atoms with E-state index in [0.717, 1.165) is 19.3 Å². The van der Waals surface area contributed by atoms with Crippen molar-refractivity contribution in [3.8, 4) is 0 Å². The number of benzene rings is 1. The molecule has 3 rings (SSSR count). The number of amides is 2. The number of nitrogens with zero attached hydrogens (tertiary/aromatic N) is 2. The van der Waals surface area contributed by atoms with Gasteiger partial charge in [0.2, 0.25) is 0 Å². The molecule has 2 fully saturated rings. The van der Waals surface area contributed by atoms with Gasteiger partial charge in [0.1, 0.15) is 11.9 Å². The second-order valence-electron chi connectivity index (χ2n) is 7.49. The van der Waals surface area contributed by atoms with Crippen molar-refractivity contribution in [2.45, 2.75) is 38.3 Å². The Bertz CT molecular complexity index is 707. The van der Waals surface area contributed by atoms with Gasteiger partial charge in [0.05, 0.1) is 12.6 Å². The molecule has 1 unspecified atom stereocenters. The fourth-order valence-corrected chi connectivity index (χ4v) is 3.82. The van der Waals surface area contributed by atoms with Gasteiger partial charge < -0.3 is 19.6 Å². The van der Waals surface area contributed by atoms with Crippen LogP contribution in [0.1, 0.15) is 35.2 Å². The molecule has 0 spiro atoms. The summed E-state index contributed by atoms with van der Waals surface area (Å²) in [5.41, 5.74) is 1.03. The third-order valence-corrected chi connectivity index (χ3v) is 5.68. The molecule has 0 bridgehead atoms. The van der Waals surface area contributed by atoms with Crippen LogP contribution in [0.3, 0.4) is 0 Å². The highest BCUT2D eigenvalue weighted by Crippen LogP contribution is 2.30. The molecule has 6 nitrogen and oxygen atoms in total.